The van der Waals surface area contributed by atoms with Crippen LogP contribution in [0.2, 0.25) is 187 Å². The smallest absolute Gasteiger partial charge is 0.288 e. The zero-order valence-corrected chi connectivity index (χ0v) is 55.4. The molecule has 2 nitrogen and oxygen atoms in total. The van der Waals surface area contributed by atoms with Crippen LogP contribution >= 0.6 is 0 Å². The molecule has 14 heteroatoms. The average molecular weight is 954 g/mol. The quantitative estimate of drug-likeness (QED) is 0.107. The minimum atomic E-state index is -3.01. The van der Waals surface area contributed by atoms with E-state index in [1.54, 1.807) is 0 Å². The molecule has 0 aromatic carbocycles. The van der Waals surface area contributed by atoms with Crippen molar-refractivity contribution in [3.63, 3.8) is 0 Å². The number of hydrogen-bond donors (Lipinski definition) is 0. The van der Waals surface area contributed by atoms with Gasteiger partial charge in [-0.25, -0.2) is 0 Å². The minimum Gasteiger partial charge on any atom is -0.397 e. The average Bonchev–Trinajstić information content (AvgIpc) is 2.74. The first-order valence-electron chi connectivity index (χ1n) is 22.3. The van der Waals surface area contributed by atoms with Crippen LogP contribution in [0.1, 0.15) is 55.4 Å². The molecule has 0 spiro atoms. The summed E-state index contributed by atoms with van der Waals surface area (Å²) in [6.07, 6.45) is 0.379. The predicted octanol–water partition coefficient (Wildman–Crippen LogP) is 15.3. The van der Waals surface area contributed by atoms with Crippen molar-refractivity contribution in [1.82, 2.24) is 0 Å². The summed E-state index contributed by atoms with van der Waals surface area (Å²) in [5.74, 6) is 0. The van der Waals surface area contributed by atoms with E-state index in [-0.39, 0.29) is 12.2 Å². The van der Waals surface area contributed by atoms with Gasteiger partial charge in [0.1, 0.15) is 7.59 Å². The molecule has 2 radical (unpaired) electrons. The Morgan fingerprint density at radius 2 is 0.500 bits per heavy atom. The van der Waals surface area contributed by atoms with Crippen LogP contribution in [0.5, 0.6) is 0 Å². The van der Waals surface area contributed by atoms with Crippen molar-refractivity contribution in [1.29, 1.82) is 0 Å². The van der Waals surface area contributed by atoms with E-state index in [9.17, 15) is 0 Å². The second-order valence-corrected chi connectivity index (χ2v) is 101. The van der Waals surface area contributed by atoms with Gasteiger partial charge in [0.25, 0.3) is 7.60 Å². The molecule has 54 heavy (non-hydrogen) atoms. The highest BCUT2D eigenvalue weighted by Gasteiger charge is 2.78. The lowest BCUT2D eigenvalue weighted by atomic mass is 10.5. The fourth-order valence-corrected chi connectivity index (χ4v) is 221. The molecule has 0 atom stereocenters. The minimum absolute atomic E-state index is 0.190. The molecule has 0 fully saturated rings. The third kappa shape index (κ3) is 12.6. The van der Waals surface area contributed by atoms with Crippen molar-refractivity contribution in [2.24, 2.45) is 0 Å². The van der Waals surface area contributed by atoms with Crippen LogP contribution in [0.25, 0.3) is 0 Å². The fraction of sp³-hybridized carbons (Fsp3) is 1.00. The highest BCUT2D eigenvalue weighted by atomic mass is 29.8. The van der Waals surface area contributed by atoms with E-state index in [0.29, 0.717) is 5.54 Å². The van der Waals surface area contributed by atoms with Crippen LogP contribution in [0.15, 0.2) is 0 Å². The molecule has 0 rings (SSSR count). The maximum absolute atomic E-state index is 8.55. The Balaban J connectivity index is 10.4. The number of rotatable bonds is 21. The summed E-state index contributed by atoms with van der Waals surface area (Å²) in [5, 5.41) is 0. The van der Waals surface area contributed by atoms with Crippen molar-refractivity contribution >= 4 is 95.9 Å². The Kier molecular flexibility index (Phi) is 18.9. The molecule has 0 heterocycles. The third-order valence-electron chi connectivity index (χ3n) is 12.5. The van der Waals surface area contributed by atoms with Crippen molar-refractivity contribution in [3.05, 3.63) is 0 Å². The van der Waals surface area contributed by atoms with E-state index in [1.807, 2.05) is 0 Å². The summed E-state index contributed by atoms with van der Waals surface area (Å²) >= 11 is 0. The molecule has 0 amide bonds. The first kappa shape index (κ1) is 56.5. The van der Waals surface area contributed by atoms with Crippen LogP contribution in [0.3, 0.4) is 0 Å². The second kappa shape index (κ2) is 18.1. The first-order valence-corrected chi connectivity index (χ1v) is 61.2. The molecule has 0 bridgehead atoms. The predicted molar refractivity (Wildman–Crippen MR) is 287 cm³/mol. The van der Waals surface area contributed by atoms with Gasteiger partial charge < -0.3 is 8.85 Å². The van der Waals surface area contributed by atoms with Crippen LogP contribution in [-0.2, 0) is 8.85 Å². The Bertz CT molecular complexity index is 1050. The van der Waals surface area contributed by atoms with Crippen LogP contribution in [0, 0.1) is 0 Å². The Labute approximate surface area is 357 Å². The van der Waals surface area contributed by atoms with E-state index in [0.717, 1.165) is 33.2 Å². The van der Waals surface area contributed by atoms with Crippen molar-refractivity contribution in [2.75, 3.05) is 0 Å². The monoisotopic (exact) mass is 953 g/mol. The lowest BCUT2D eigenvalue weighted by Crippen LogP contribution is -2.89. The van der Waals surface area contributed by atoms with Gasteiger partial charge in [0, 0.05) is 84.4 Å². The third-order valence-corrected chi connectivity index (χ3v) is 126. The fourth-order valence-electron chi connectivity index (χ4n) is 15.0. The zero-order valence-electron chi connectivity index (χ0n) is 43.4. The molecule has 0 unspecified atom stereocenters. The van der Waals surface area contributed by atoms with Gasteiger partial charge in [-0.3, -0.25) is 0 Å². The molecule has 0 N–H and O–H groups in total. The lowest BCUT2D eigenvalue weighted by molar-refractivity contribution is 0.132. The van der Waals surface area contributed by atoms with Crippen molar-refractivity contribution < 1.29 is 8.85 Å². The molecular weight excluding hydrogens is 849 g/mol. The highest BCUT2D eigenvalue weighted by Crippen LogP contribution is 2.63. The second-order valence-electron chi connectivity index (χ2n) is 27.9. The summed E-state index contributed by atoms with van der Waals surface area (Å²) in [6, 6.07) is 0. The Morgan fingerprint density at radius 1 is 0.296 bits per heavy atom. The van der Waals surface area contributed by atoms with Crippen LogP contribution < -0.4 is 0 Å². The summed E-state index contributed by atoms with van der Waals surface area (Å²) in [6.45, 7) is 88.8. The highest BCUT2D eigenvalue weighted by molar-refractivity contribution is 7.75. The van der Waals surface area contributed by atoms with Crippen LogP contribution in [-0.4, -0.2) is 108 Å². The normalized spacial score (nSPS) is 16.2. The molecule has 0 aliphatic heterocycles. The molecule has 0 aromatic heterocycles. The van der Waals surface area contributed by atoms with Gasteiger partial charge in [-0.05, 0) is 33.2 Å². The molecule has 0 saturated carbocycles. The summed E-state index contributed by atoms with van der Waals surface area (Å²) in [4.78, 5) is 3.58. The molecule has 0 aliphatic rings. The summed E-state index contributed by atoms with van der Waals surface area (Å²) in [5.41, 5.74) is 1.38. The van der Waals surface area contributed by atoms with Crippen LogP contribution in [0.4, 0.5) is 0 Å². The molecule has 0 aromatic rings. The topological polar surface area (TPSA) is 18.5 Å². The largest absolute Gasteiger partial charge is 0.397 e. The number of hydrogen-bond acceptors (Lipinski definition) is 2. The van der Waals surface area contributed by atoms with E-state index < -0.39 is 87.4 Å². The Morgan fingerprint density at radius 3 is 0.630 bits per heavy atom. The molecule has 0 aliphatic carbocycles. The van der Waals surface area contributed by atoms with E-state index >= 15 is 0 Å². The van der Waals surface area contributed by atoms with Gasteiger partial charge in [0.15, 0.2) is 0 Å². The van der Waals surface area contributed by atoms with Gasteiger partial charge in [-0.2, -0.15) is 0 Å². The Hall–Kier alpha value is 2.52. The first-order chi connectivity index (χ1) is 23.1. The van der Waals surface area contributed by atoms with Gasteiger partial charge in [-0.1, -0.05) is 210 Å². The SMILES string of the molecule is CC(C)O[Si](OC(C)C)([Si][Si](C(C)C)(C([Si](C)(C)C)[Si](C)(C)C)C([Si](C)(C)C)[Si](C)(C)C)[Si](C(C)C)(C([Si](C)(C)C)[Si](C)(C)C)C([Si](C)(C)C)[Si](C)(C)C. The zero-order chi connectivity index (χ0) is 44.2. The van der Waals surface area contributed by atoms with Gasteiger partial charge in [-0.15, -0.1) is 0 Å². The van der Waals surface area contributed by atoms with Crippen molar-refractivity contribution in [3.8, 4) is 0 Å². The van der Waals surface area contributed by atoms with E-state index in [2.05, 4.69) is 213 Å². The maximum atomic E-state index is 8.55. The molecule has 324 valence electrons. The van der Waals surface area contributed by atoms with Crippen molar-refractivity contribution in [2.45, 2.75) is 255 Å². The van der Waals surface area contributed by atoms with E-state index in [1.165, 1.54) is 0 Å². The molecule has 0 saturated heterocycles. The lowest BCUT2D eigenvalue weighted by Gasteiger charge is -2.69. The standard InChI is InChI=1S/C40H104O2Si12/c1-33(2)41-54(42-34(3)4,53(36(7)8,39(48(21,22)23)49(24,25)26)40(50(27,28)29)51(30,31)32)43-52(35(5)6,37(44(9,10)11)45(12,13)14)38(46(15,16)17)47(18,19)20/h33-40H,1-32H3. The van der Waals surface area contributed by atoms with Gasteiger partial charge in [0.05, 0.1) is 8.55 Å². The molecular formula is C40H104O2Si12. The van der Waals surface area contributed by atoms with Gasteiger partial charge >= 0.3 is 0 Å². The maximum Gasteiger partial charge on any atom is 0.288 e. The van der Waals surface area contributed by atoms with Gasteiger partial charge in [0.2, 0.25) is 0 Å². The summed E-state index contributed by atoms with van der Waals surface area (Å²) < 4.78 is 17.1. The van der Waals surface area contributed by atoms with E-state index in [4.69, 9.17) is 8.85 Å². The summed E-state index contributed by atoms with van der Waals surface area (Å²) in [7, 11) is -20.5.